The lowest BCUT2D eigenvalue weighted by molar-refractivity contribution is 0.195. The van der Waals surface area contributed by atoms with E-state index >= 15 is 0 Å². The highest BCUT2D eigenvalue weighted by Gasteiger charge is 2.59. The summed E-state index contributed by atoms with van der Waals surface area (Å²) in [6.45, 7) is 30.7. The summed E-state index contributed by atoms with van der Waals surface area (Å²) < 4.78 is 28.1. The number of fused-ring (bicyclic) bond motifs is 10. The van der Waals surface area contributed by atoms with E-state index in [0.29, 0.717) is 5.56 Å². The van der Waals surface area contributed by atoms with Crippen LogP contribution >= 0.6 is 0 Å². The van der Waals surface area contributed by atoms with Crippen LogP contribution in [0.5, 0.6) is 0 Å². The third-order valence-corrected chi connectivity index (χ3v) is 18.9. The molecule has 6 aromatic rings. The number of aryl methyl sites for hydroxylation is 1. The van der Waals surface area contributed by atoms with Crippen LogP contribution in [-0.4, -0.2) is 12.3 Å². The molecule has 1 fully saturated rings. The quantitative estimate of drug-likeness (QED) is 0.160. The van der Waals surface area contributed by atoms with Crippen molar-refractivity contribution in [2.45, 2.75) is 180 Å². The standard InChI is InChI=1S/C64H74BN3/c1-39-33-40(58(2,3)4)25-27-50(39)66-53-38-46-45(60(8,9)31-32-61(46,10)11)37-49(53)65-48-23-20-22-44-57(48)67(51-24-17-16-21-43(51)62(44,12)13)55-36-42(35-54(66)56(55)65)68-52-28-26-41(59(5,6)7)34-47(52)63(14)29-18-19-30-64(63,68)15/h16-17,20-28,33-38H,18-19,29-32H2,1-15H3/i1D3. The highest BCUT2D eigenvalue weighted by molar-refractivity contribution is 7.00. The first-order valence-corrected chi connectivity index (χ1v) is 25.9. The van der Waals surface area contributed by atoms with Gasteiger partial charge in [-0.15, -0.1) is 0 Å². The van der Waals surface area contributed by atoms with E-state index in [0.717, 1.165) is 54.0 Å². The number of hydrogen-bond acceptors (Lipinski definition) is 3. The molecule has 0 spiro atoms. The van der Waals surface area contributed by atoms with Crippen LogP contribution in [0.15, 0.2) is 103 Å². The van der Waals surface area contributed by atoms with Crippen molar-refractivity contribution in [1.82, 2.24) is 0 Å². The van der Waals surface area contributed by atoms with E-state index in [-0.39, 0.29) is 44.7 Å². The zero-order chi connectivity index (χ0) is 50.5. The summed E-state index contributed by atoms with van der Waals surface area (Å²) in [6.07, 6.45) is 6.78. The normalized spacial score (nSPS) is 24.1. The van der Waals surface area contributed by atoms with Crippen molar-refractivity contribution < 1.29 is 4.11 Å². The molecular formula is C64H74BN3. The Morgan fingerprint density at radius 1 is 0.500 bits per heavy atom. The van der Waals surface area contributed by atoms with Crippen molar-refractivity contribution in [2.75, 3.05) is 14.7 Å². The lowest BCUT2D eigenvalue weighted by Crippen LogP contribution is -2.63. The molecule has 1 saturated carbocycles. The molecule has 2 atom stereocenters. The molecule has 12 rings (SSSR count). The van der Waals surface area contributed by atoms with Gasteiger partial charge in [-0.3, -0.25) is 0 Å². The molecule has 0 amide bonds. The van der Waals surface area contributed by atoms with Crippen LogP contribution in [0.3, 0.4) is 0 Å². The van der Waals surface area contributed by atoms with Gasteiger partial charge in [0.25, 0.3) is 6.71 Å². The fourth-order valence-electron chi connectivity index (χ4n) is 14.4. The number of rotatable bonds is 2. The Labute approximate surface area is 413 Å². The molecule has 0 aromatic heterocycles. The van der Waals surface area contributed by atoms with Crippen molar-refractivity contribution in [3.05, 3.63) is 148 Å². The molecule has 0 radical (unpaired) electrons. The molecule has 3 nitrogen and oxygen atoms in total. The minimum atomic E-state index is -2.38. The van der Waals surface area contributed by atoms with Gasteiger partial charge < -0.3 is 14.7 Å². The van der Waals surface area contributed by atoms with Crippen molar-refractivity contribution in [3.63, 3.8) is 0 Å². The zero-order valence-electron chi connectivity index (χ0n) is 46.5. The lowest BCUT2D eigenvalue weighted by Gasteiger charge is -2.52. The van der Waals surface area contributed by atoms with E-state index in [2.05, 4.69) is 209 Å². The molecule has 4 heteroatoms. The minimum absolute atomic E-state index is 0.00922. The van der Waals surface area contributed by atoms with Gasteiger partial charge in [-0.2, -0.15) is 0 Å². The van der Waals surface area contributed by atoms with Gasteiger partial charge in [0, 0.05) is 54.8 Å². The summed E-state index contributed by atoms with van der Waals surface area (Å²) in [4.78, 5) is 7.80. The van der Waals surface area contributed by atoms with Gasteiger partial charge in [0.05, 0.1) is 11.2 Å². The van der Waals surface area contributed by atoms with Gasteiger partial charge in [0.15, 0.2) is 0 Å². The van der Waals surface area contributed by atoms with Crippen LogP contribution in [0.4, 0.5) is 45.5 Å². The summed E-state index contributed by atoms with van der Waals surface area (Å²) >= 11 is 0. The third-order valence-electron chi connectivity index (χ3n) is 18.9. The SMILES string of the molecule is [2H]C([2H])([2H])c1cc(C(C)(C)C)ccc1N1c2cc3c(cc2B2c4cccc5c4N(c4ccccc4C5(C)C)c4cc(N5c6ccc(C(C)(C)C)cc6C6(C)CCCCC56C)cc1c42)C(C)(C)CCC3(C)C. The summed E-state index contributed by atoms with van der Waals surface area (Å²) in [6, 6.07) is 40.0. The molecule has 4 heterocycles. The Balaban J connectivity index is 1.26. The molecule has 2 unspecified atom stereocenters. The molecule has 348 valence electrons. The van der Waals surface area contributed by atoms with Gasteiger partial charge in [-0.05, 0) is 158 Å². The Bertz CT molecular complexity index is 3270. The van der Waals surface area contributed by atoms with Gasteiger partial charge in [0.2, 0.25) is 0 Å². The monoisotopic (exact) mass is 899 g/mol. The Hall–Kier alpha value is -5.22. The maximum atomic E-state index is 9.36. The smallest absolute Gasteiger partial charge is 0.252 e. The molecule has 4 aliphatic heterocycles. The predicted molar refractivity (Wildman–Crippen MR) is 293 cm³/mol. The maximum absolute atomic E-state index is 9.36. The maximum Gasteiger partial charge on any atom is 0.252 e. The largest absolute Gasteiger partial charge is 0.334 e. The molecule has 68 heavy (non-hydrogen) atoms. The van der Waals surface area contributed by atoms with E-state index in [1.165, 1.54) is 85.4 Å². The minimum Gasteiger partial charge on any atom is -0.334 e. The first-order valence-electron chi connectivity index (χ1n) is 27.4. The van der Waals surface area contributed by atoms with Crippen molar-refractivity contribution in [1.29, 1.82) is 0 Å². The second kappa shape index (κ2) is 13.8. The Kier molecular flexibility index (Phi) is 8.23. The van der Waals surface area contributed by atoms with E-state index in [9.17, 15) is 4.11 Å². The Morgan fingerprint density at radius 3 is 1.81 bits per heavy atom. The van der Waals surface area contributed by atoms with Crippen LogP contribution in [-0.2, 0) is 32.5 Å². The first kappa shape index (κ1) is 40.7. The highest BCUT2D eigenvalue weighted by atomic mass is 15.3. The summed E-state index contributed by atoms with van der Waals surface area (Å²) in [5.74, 6) is 0. The van der Waals surface area contributed by atoms with Crippen LogP contribution < -0.4 is 31.1 Å². The van der Waals surface area contributed by atoms with Gasteiger partial charge in [-0.1, -0.05) is 170 Å². The molecule has 0 N–H and O–H groups in total. The van der Waals surface area contributed by atoms with E-state index in [4.69, 9.17) is 0 Å². The van der Waals surface area contributed by atoms with Gasteiger partial charge in [-0.25, -0.2) is 0 Å². The molecule has 2 aliphatic carbocycles. The summed E-state index contributed by atoms with van der Waals surface area (Å²) in [5, 5.41) is 0. The van der Waals surface area contributed by atoms with Crippen LogP contribution in [0, 0.1) is 6.85 Å². The average Bonchev–Trinajstić information content (AvgIpc) is 3.51. The van der Waals surface area contributed by atoms with E-state index in [1.54, 1.807) is 0 Å². The second-order valence-electron chi connectivity index (χ2n) is 26.2. The Morgan fingerprint density at radius 2 is 1.12 bits per heavy atom. The van der Waals surface area contributed by atoms with Crippen molar-refractivity contribution in [2.24, 2.45) is 0 Å². The van der Waals surface area contributed by atoms with Gasteiger partial charge in [0.1, 0.15) is 0 Å². The van der Waals surface area contributed by atoms with Crippen LogP contribution in [0.1, 0.15) is 184 Å². The third kappa shape index (κ3) is 5.73. The van der Waals surface area contributed by atoms with Gasteiger partial charge >= 0.3 is 0 Å². The molecular weight excluding hydrogens is 822 g/mol. The number of para-hydroxylation sites is 2. The number of nitrogens with zero attached hydrogens (tertiary/aromatic N) is 3. The average molecular weight is 899 g/mol. The topological polar surface area (TPSA) is 9.72 Å². The predicted octanol–water partition coefficient (Wildman–Crippen LogP) is 15.4. The second-order valence-corrected chi connectivity index (χ2v) is 26.2. The molecule has 0 bridgehead atoms. The van der Waals surface area contributed by atoms with Crippen LogP contribution in [0.2, 0.25) is 0 Å². The molecule has 0 saturated heterocycles. The van der Waals surface area contributed by atoms with E-state index in [1.807, 2.05) is 6.07 Å². The summed E-state index contributed by atoms with van der Waals surface area (Å²) in [5.41, 5.74) is 21.6. The zero-order valence-corrected chi connectivity index (χ0v) is 43.5. The fourth-order valence-corrected chi connectivity index (χ4v) is 14.4. The van der Waals surface area contributed by atoms with Crippen LogP contribution in [0.25, 0.3) is 0 Å². The van der Waals surface area contributed by atoms with Crippen molar-refractivity contribution >= 4 is 68.6 Å². The number of benzene rings is 6. The van der Waals surface area contributed by atoms with E-state index < -0.39 is 6.85 Å². The highest BCUT2D eigenvalue weighted by Crippen LogP contribution is 2.63. The first-order chi connectivity index (χ1) is 33.1. The van der Waals surface area contributed by atoms with Crippen molar-refractivity contribution in [3.8, 4) is 0 Å². The number of hydrogen-bond donors (Lipinski definition) is 0. The fraction of sp³-hybridized carbons (Fsp3) is 0.438. The number of anilines is 8. The summed E-state index contributed by atoms with van der Waals surface area (Å²) in [7, 11) is 0. The molecule has 6 aliphatic rings. The molecule has 6 aromatic carbocycles. The lowest BCUT2D eigenvalue weighted by atomic mass is 9.32.